The fourth-order valence-corrected chi connectivity index (χ4v) is 12.7. The van der Waals surface area contributed by atoms with Crippen LogP contribution in [0.3, 0.4) is 0 Å². The number of hydrogen-bond donors (Lipinski definition) is 3. The van der Waals surface area contributed by atoms with Crippen molar-refractivity contribution in [2.45, 2.75) is 394 Å². The molecule has 17 nitrogen and oxygen atoms in total. The number of carbonyl (C=O) groups is 4. The molecule has 0 heterocycles. The van der Waals surface area contributed by atoms with Crippen LogP contribution in [0.15, 0.2) is 0 Å². The molecule has 0 bridgehead atoms. The van der Waals surface area contributed by atoms with Gasteiger partial charge in [0.15, 0.2) is 12.2 Å². The lowest BCUT2D eigenvalue weighted by atomic mass is 10.0. The maximum absolute atomic E-state index is 13.1. The van der Waals surface area contributed by atoms with Crippen molar-refractivity contribution in [2.24, 2.45) is 11.8 Å². The van der Waals surface area contributed by atoms with E-state index in [0.717, 1.165) is 102 Å². The fourth-order valence-electron chi connectivity index (χ4n) is 11.1. The summed E-state index contributed by atoms with van der Waals surface area (Å²) in [6.07, 6.45) is 51.2. The first-order chi connectivity index (χ1) is 44.4. The van der Waals surface area contributed by atoms with Crippen molar-refractivity contribution in [3.63, 3.8) is 0 Å². The lowest BCUT2D eigenvalue weighted by molar-refractivity contribution is -0.161. The minimum atomic E-state index is -4.95. The SMILES string of the molecule is CCCCCCCCCCCCCCC(=O)O[C@H](COC(=O)CCCCCCCCCCCC)COP(=O)(O)OC[C@H](O)COP(=O)(O)OC[C@@H](COC(=O)CCCCCCCCCCCCC(C)C)OC(=O)CCCCCCCCCCCCCCCCC(C)C. The van der Waals surface area contributed by atoms with Gasteiger partial charge in [0, 0.05) is 25.7 Å². The second kappa shape index (κ2) is 65.0. The Bertz CT molecular complexity index is 1790. The van der Waals surface area contributed by atoms with Crippen molar-refractivity contribution in [3.8, 4) is 0 Å². The molecule has 0 amide bonds. The lowest BCUT2D eigenvalue weighted by Crippen LogP contribution is -2.30. The number of ether oxygens (including phenoxy) is 4. The molecule has 0 saturated heterocycles. The van der Waals surface area contributed by atoms with E-state index in [0.29, 0.717) is 25.7 Å². The average Bonchev–Trinajstić information content (AvgIpc) is 2.49. The van der Waals surface area contributed by atoms with Crippen LogP contribution in [-0.2, 0) is 65.4 Å². The molecule has 0 radical (unpaired) electrons. The number of aliphatic hydroxyl groups is 1. The molecule has 19 heteroatoms. The second-order valence-electron chi connectivity index (χ2n) is 27.3. The first-order valence-electron chi connectivity index (χ1n) is 38.0. The molecule has 0 saturated carbocycles. The summed E-state index contributed by atoms with van der Waals surface area (Å²) < 4.78 is 68.4. The van der Waals surface area contributed by atoms with Crippen LogP contribution < -0.4 is 0 Å². The molecule has 0 aliphatic carbocycles. The normalized spacial score (nSPS) is 14.1. The van der Waals surface area contributed by atoms with E-state index in [2.05, 4.69) is 41.5 Å². The Balaban J connectivity index is 5.24. The molecule has 0 aliphatic rings. The Labute approximate surface area is 562 Å². The van der Waals surface area contributed by atoms with E-state index >= 15 is 0 Å². The van der Waals surface area contributed by atoms with Gasteiger partial charge >= 0.3 is 39.5 Å². The molecule has 0 aromatic heterocycles. The summed E-state index contributed by atoms with van der Waals surface area (Å²) in [6.45, 7) is 9.58. The van der Waals surface area contributed by atoms with Gasteiger partial charge in [0.25, 0.3) is 0 Å². The summed E-state index contributed by atoms with van der Waals surface area (Å²) in [5, 5.41) is 10.6. The summed E-state index contributed by atoms with van der Waals surface area (Å²) in [4.78, 5) is 72.7. The molecule has 0 spiro atoms. The molecular weight excluding hydrogens is 1210 g/mol. The molecule has 546 valence electrons. The summed E-state index contributed by atoms with van der Waals surface area (Å²) >= 11 is 0. The third-order valence-corrected chi connectivity index (χ3v) is 18.9. The van der Waals surface area contributed by atoms with E-state index in [-0.39, 0.29) is 25.7 Å². The van der Waals surface area contributed by atoms with Gasteiger partial charge in [-0.05, 0) is 37.5 Å². The van der Waals surface area contributed by atoms with Gasteiger partial charge in [0.2, 0.25) is 0 Å². The monoisotopic (exact) mass is 1350 g/mol. The average molecular weight is 1350 g/mol. The second-order valence-corrected chi connectivity index (χ2v) is 30.2. The number of aliphatic hydroxyl groups excluding tert-OH is 1. The quantitative estimate of drug-likeness (QED) is 0.0222. The zero-order valence-electron chi connectivity index (χ0n) is 59.9. The van der Waals surface area contributed by atoms with Gasteiger partial charge < -0.3 is 33.8 Å². The van der Waals surface area contributed by atoms with Crippen LogP contribution in [0.5, 0.6) is 0 Å². The third kappa shape index (κ3) is 66.7. The number of unbranched alkanes of at least 4 members (excludes halogenated alkanes) is 42. The van der Waals surface area contributed by atoms with E-state index in [1.165, 1.54) is 193 Å². The Morgan fingerprint density at radius 1 is 0.293 bits per heavy atom. The van der Waals surface area contributed by atoms with Crippen molar-refractivity contribution in [1.29, 1.82) is 0 Å². The fraction of sp³-hybridized carbons (Fsp3) is 0.945. The van der Waals surface area contributed by atoms with Gasteiger partial charge in [0.05, 0.1) is 26.4 Å². The van der Waals surface area contributed by atoms with Gasteiger partial charge in [-0.1, -0.05) is 324 Å². The number of rotatable bonds is 72. The molecule has 2 unspecified atom stereocenters. The summed E-state index contributed by atoms with van der Waals surface area (Å²) in [5.74, 6) is -0.565. The lowest BCUT2D eigenvalue weighted by Gasteiger charge is -2.21. The number of carbonyl (C=O) groups excluding carboxylic acids is 4. The van der Waals surface area contributed by atoms with Gasteiger partial charge in [0.1, 0.15) is 19.3 Å². The van der Waals surface area contributed by atoms with E-state index in [4.69, 9.17) is 37.0 Å². The molecular formula is C73H142O17P2. The van der Waals surface area contributed by atoms with Crippen LogP contribution in [0.4, 0.5) is 0 Å². The summed E-state index contributed by atoms with van der Waals surface area (Å²) in [5.41, 5.74) is 0. The van der Waals surface area contributed by atoms with Crippen LogP contribution >= 0.6 is 15.6 Å². The van der Waals surface area contributed by atoms with Gasteiger partial charge in [-0.15, -0.1) is 0 Å². The van der Waals surface area contributed by atoms with E-state index in [1.807, 2.05) is 0 Å². The number of hydrogen-bond acceptors (Lipinski definition) is 15. The van der Waals surface area contributed by atoms with Gasteiger partial charge in [-0.3, -0.25) is 37.3 Å². The Morgan fingerprint density at radius 3 is 0.739 bits per heavy atom. The van der Waals surface area contributed by atoms with Crippen molar-refractivity contribution < 1.29 is 80.2 Å². The largest absolute Gasteiger partial charge is 0.472 e. The predicted octanol–water partition coefficient (Wildman–Crippen LogP) is 21.2. The first kappa shape index (κ1) is 90.1. The van der Waals surface area contributed by atoms with Crippen LogP contribution in [0.2, 0.25) is 0 Å². The Morgan fingerprint density at radius 2 is 0.500 bits per heavy atom. The maximum atomic E-state index is 13.1. The molecule has 0 fully saturated rings. The van der Waals surface area contributed by atoms with Crippen LogP contribution in [0.25, 0.3) is 0 Å². The van der Waals surface area contributed by atoms with Crippen molar-refractivity contribution in [3.05, 3.63) is 0 Å². The maximum Gasteiger partial charge on any atom is 0.472 e. The van der Waals surface area contributed by atoms with Crippen LogP contribution in [0.1, 0.15) is 375 Å². The molecule has 92 heavy (non-hydrogen) atoms. The predicted molar refractivity (Wildman–Crippen MR) is 372 cm³/mol. The number of esters is 4. The topological polar surface area (TPSA) is 237 Å². The summed E-state index contributed by atoms with van der Waals surface area (Å²) in [7, 11) is -9.90. The minimum absolute atomic E-state index is 0.107. The van der Waals surface area contributed by atoms with Gasteiger partial charge in [-0.2, -0.15) is 0 Å². The van der Waals surface area contributed by atoms with Crippen molar-refractivity contribution >= 4 is 39.5 Å². The molecule has 3 N–H and O–H groups in total. The molecule has 0 aliphatic heterocycles. The minimum Gasteiger partial charge on any atom is -0.462 e. The Hall–Kier alpha value is -1.94. The van der Waals surface area contributed by atoms with E-state index < -0.39 is 97.5 Å². The first-order valence-corrected chi connectivity index (χ1v) is 41.0. The third-order valence-electron chi connectivity index (χ3n) is 17.0. The highest BCUT2D eigenvalue weighted by Gasteiger charge is 2.30. The highest BCUT2D eigenvalue weighted by Crippen LogP contribution is 2.45. The zero-order valence-corrected chi connectivity index (χ0v) is 61.6. The smallest absolute Gasteiger partial charge is 0.462 e. The molecule has 5 atom stereocenters. The summed E-state index contributed by atoms with van der Waals surface area (Å²) in [6, 6.07) is 0. The van der Waals surface area contributed by atoms with Gasteiger partial charge in [-0.25, -0.2) is 9.13 Å². The van der Waals surface area contributed by atoms with E-state index in [9.17, 15) is 43.2 Å². The molecule has 0 aromatic carbocycles. The zero-order chi connectivity index (χ0) is 67.9. The molecule has 0 rings (SSSR count). The Kier molecular flexibility index (Phi) is 63.7. The van der Waals surface area contributed by atoms with E-state index in [1.54, 1.807) is 0 Å². The van der Waals surface area contributed by atoms with Crippen molar-refractivity contribution in [2.75, 3.05) is 39.6 Å². The van der Waals surface area contributed by atoms with Crippen LogP contribution in [-0.4, -0.2) is 96.7 Å². The highest BCUT2D eigenvalue weighted by molar-refractivity contribution is 7.47. The molecule has 0 aromatic rings. The van der Waals surface area contributed by atoms with Crippen molar-refractivity contribution in [1.82, 2.24) is 0 Å². The number of phosphoric acid groups is 2. The number of phosphoric ester groups is 2. The van der Waals surface area contributed by atoms with Crippen LogP contribution in [0, 0.1) is 11.8 Å². The standard InChI is InChI=1S/C73H142O17P2/c1-7-9-11-13-15-17-19-25-33-39-45-51-57-72(77)89-68(61-83-70(75)55-49-43-37-31-18-16-14-12-10-8-2)63-87-91(79,80)85-59-67(74)60-86-92(81,82)88-64-69(62-84-71(76)56-50-44-38-32-28-27-30-36-42-48-54-66(5)6)90-73(78)58-52-46-40-34-26-23-21-20-22-24-29-35-41-47-53-65(3)4/h65-69,74H,7-64H2,1-6H3,(H,79,80)(H,81,82)/t67-,68+,69+/m0/s1. The highest BCUT2D eigenvalue weighted by atomic mass is 31.2.